The maximum absolute atomic E-state index is 10.5. The number of hydrogen-bond donors (Lipinski definition) is 4. The summed E-state index contributed by atoms with van der Waals surface area (Å²) in [5.41, 5.74) is 1.91. The van der Waals surface area contributed by atoms with Gasteiger partial charge in [0.15, 0.2) is 12.1 Å². The van der Waals surface area contributed by atoms with Gasteiger partial charge in [-0.1, -0.05) is 39.3 Å². The molecule has 16 atom stereocenters. The Labute approximate surface area is 244 Å². The molecule has 0 amide bonds. The fourth-order valence-corrected chi connectivity index (χ4v) is 11.1. The Bertz CT molecular complexity index is 1020. The third kappa shape index (κ3) is 4.29. The lowest BCUT2D eigenvalue weighted by Crippen LogP contribution is -2.60. The van der Waals surface area contributed by atoms with Crippen molar-refractivity contribution in [2.45, 2.75) is 134 Å². The smallest absolute Gasteiger partial charge is 0.186 e. The van der Waals surface area contributed by atoms with Gasteiger partial charge in [-0.25, -0.2) is 0 Å². The molecule has 0 aromatic rings. The molecule has 41 heavy (non-hydrogen) atoms. The van der Waals surface area contributed by atoms with E-state index in [-0.39, 0.29) is 17.3 Å². The normalized spacial score (nSPS) is 58.3. The van der Waals surface area contributed by atoms with Gasteiger partial charge in [-0.15, -0.1) is 0 Å². The molecular formula is C33H52O8. The molecule has 0 bridgehead atoms. The molecule has 0 aromatic carbocycles. The van der Waals surface area contributed by atoms with Crippen molar-refractivity contribution in [1.29, 1.82) is 0 Å². The molecule has 7 aliphatic rings. The molecule has 8 nitrogen and oxygen atoms in total. The highest BCUT2D eigenvalue weighted by Gasteiger charge is 2.68. The van der Waals surface area contributed by atoms with Gasteiger partial charge in [-0.2, -0.15) is 0 Å². The molecular weight excluding hydrogens is 524 g/mol. The van der Waals surface area contributed by atoms with E-state index in [0.29, 0.717) is 47.0 Å². The van der Waals surface area contributed by atoms with E-state index in [1.807, 2.05) is 0 Å². The van der Waals surface area contributed by atoms with Crippen molar-refractivity contribution in [3.8, 4) is 0 Å². The number of aliphatic hydroxyl groups is 4. The zero-order valence-electron chi connectivity index (χ0n) is 25.3. The first-order chi connectivity index (χ1) is 19.5. The lowest BCUT2D eigenvalue weighted by Gasteiger charge is -2.58. The fourth-order valence-electron chi connectivity index (χ4n) is 11.1. The second-order valence-corrected chi connectivity index (χ2v) is 15.5. The average Bonchev–Trinajstić information content (AvgIpc) is 3.40. The van der Waals surface area contributed by atoms with E-state index in [9.17, 15) is 20.4 Å². The van der Waals surface area contributed by atoms with Gasteiger partial charge in [0.25, 0.3) is 0 Å². The van der Waals surface area contributed by atoms with Gasteiger partial charge in [0.05, 0.1) is 25.4 Å². The number of ether oxygens (including phenoxy) is 4. The summed E-state index contributed by atoms with van der Waals surface area (Å²) < 4.78 is 25.3. The van der Waals surface area contributed by atoms with E-state index >= 15 is 0 Å². The summed E-state index contributed by atoms with van der Waals surface area (Å²) in [6, 6.07) is 0. The van der Waals surface area contributed by atoms with Crippen molar-refractivity contribution in [1.82, 2.24) is 0 Å². The van der Waals surface area contributed by atoms with Crippen LogP contribution in [-0.4, -0.2) is 82.3 Å². The van der Waals surface area contributed by atoms with Gasteiger partial charge in [-0.3, -0.25) is 0 Å². The van der Waals surface area contributed by atoms with Crippen molar-refractivity contribution >= 4 is 0 Å². The molecule has 6 fully saturated rings. The molecule has 232 valence electrons. The predicted molar refractivity (Wildman–Crippen MR) is 150 cm³/mol. The molecule has 13 unspecified atom stereocenters. The topological polar surface area (TPSA) is 118 Å². The molecule has 3 aliphatic heterocycles. The summed E-state index contributed by atoms with van der Waals surface area (Å²) >= 11 is 0. The summed E-state index contributed by atoms with van der Waals surface area (Å²) in [6.07, 6.45) is 6.24. The first-order valence-electron chi connectivity index (χ1n) is 16.5. The van der Waals surface area contributed by atoms with Crippen LogP contribution >= 0.6 is 0 Å². The minimum absolute atomic E-state index is 0.129. The van der Waals surface area contributed by atoms with Crippen LogP contribution in [0.1, 0.15) is 85.5 Å². The van der Waals surface area contributed by atoms with E-state index in [4.69, 9.17) is 18.9 Å². The second-order valence-electron chi connectivity index (χ2n) is 15.5. The maximum Gasteiger partial charge on any atom is 0.186 e. The molecule has 3 heterocycles. The average molecular weight is 577 g/mol. The number of hydrogen-bond acceptors (Lipinski definition) is 8. The van der Waals surface area contributed by atoms with Crippen molar-refractivity contribution in [2.24, 2.45) is 46.3 Å². The maximum atomic E-state index is 10.5. The third-order valence-corrected chi connectivity index (χ3v) is 13.5. The number of allylic oxidation sites excluding steroid dienone is 1. The molecule has 7 rings (SSSR count). The largest absolute Gasteiger partial charge is 0.394 e. The Hall–Kier alpha value is -0.580. The van der Waals surface area contributed by atoms with Gasteiger partial charge in [0, 0.05) is 12.3 Å². The molecule has 8 heteroatoms. The summed E-state index contributed by atoms with van der Waals surface area (Å²) in [5.74, 6) is 3.28. The fraction of sp³-hybridized carbons (Fsp3) is 0.939. The van der Waals surface area contributed by atoms with Crippen LogP contribution in [0.4, 0.5) is 0 Å². The standard InChI is InChI=1S/C33H52O8/c1-17-7-12-33(38-16-17)18(2)26-24(41-33)14-23-21-6-5-19-13-20(8-10-31(19,3)22(21)9-11-32(23,26)4)39-30-29(37)28(36)27(35)25(15-34)40-30/h5,17-18,20-30,34-37H,6-16H2,1-4H3/t17?,18?,20?,21?,22?,23?,24?,25?,26?,27?,28?,29?,30?,31-,32-,33+/m0/s1. The Morgan fingerprint density at radius 2 is 1.78 bits per heavy atom. The van der Waals surface area contributed by atoms with Crippen LogP contribution in [0, 0.1) is 46.3 Å². The second kappa shape index (κ2) is 10.2. The van der Waals surface area contributed by atoms with E-state index in [1.165, 1.54) is 24.8 Å². The molecule has 3 saturated heterocycles. The van der Waals surface area contributed by atoms with E-state index < -0.39 is 37.3 Å². The Kier molecular flexibility index (Phi) is 7.27. The highest BCUT2D eigenvalue weighted by atomic mass is 16.7. The van der Waals surface area contributed by atoms with Crippen LogP contribution in [0.25, 0.3) is 0 Å². The van der Waals surface area contributed by atoms with Crippen LogP contribution in [-0.2, 0) is 18.9 Å². The lowest BCUT2D eigenvalue weighted by atomic mass is 9.47. The number of fused-ring (bicyclic) bond motifs is 7. The van der Waals surface area contributed by atoms with Crippen LogP contribution in [0.3, 0.4) is 0 Å². The predicted octanol–water partition coefficient (Wildman–Crippen LogP) is 3.54. The summed E-state index contributed by atoms with van der Waals surface area (Å²) in [4.78, 5) is 0. The Morgan fingerprint density at radius 3 is 2.51 bits per heavy atom. The van der Waals surface area contributed by atoms with Gasteiger partial charge in [0.1, 0.15) is 24.4 Å². The first-order valence-corrected chi connectivity index (χ1v) is 16.5. The lowest BCUT2D eigenvalue weighted by molar-refractivity contribution is -0.313. The molecule has 4 aliphatic carbocycles. The van der Waals surface area contributed by atoms with E-state index in [1.54, 1.807) is 0 Å². The Morgan fingerprint density at radius 1 is 0.976 bits per heavy atom. The molecule has 0 radical (unpaired) electrons. The minimum atomic E-state index is -1.41. The van der Waals surface area contributed by atoms with Gasteiger partial charge in [-0.05, 0) is 91.8 Å². The summed E-state index contributed by atoms with van der Waals surface area (Å²) in [5, 5.41) is 40.4. The zero-order chi connectivity index (χ0) is 28.9. The molecule has 0 aromatic heterocycles. The van der Waals surface area contributed by atoms with Crippen molar-refractivity contribution < 1.29 is 39.4 Å². The van der Waals surface area contributed by atoms with Gasteiger partial charge in [0.2, 0.25) is 0 Å². The van der Waals surface area contributed by atoms with Crippen molar-refractivity contribution in [2.75, 3.05) is 13.2 Å². The molecule has 4 N–H and O–H groups in total. The van der Waals surface area contributed by atoms with E-state index in [2.05, 4.69) is 33.8 Å². The summed E-state index contributed by atoms with van der Waals surface area (Å²) in [6.45, 7) is 10.1. The molecule has 3 saturated carbocycles. The van der Waals surface area contributed by atoms with Crippen molar-refractivity contribution in [3.63, 3.8) is 0 Å². The zero-order valence-corrected chi connectivity index (χ0v) is 25.3. The van der Waals surface area contributed by atoms with Crippen LogP contribution in [0.2, 0.25) is 0 Å². The highest BCUT2D eigenvalue weighted by molar-refractivity contribution is 5.26. The van der Waals surface area contributed by atoms with Crippen LogP contribution in [0.15, 0.2) is 11.6 Å². The number of aliphatic hydroxyl groups excluding tert-OH is 4. The van der Waals surface area contributed by atoms with E-state index in [0.717, 1.165) is 45.1 Å². The SMILES string of the molecule is CC1CC[C@@]2(OC1)OC1CC3C4CC=C5CC(OC6OC(CO)C(O)C(O)C6O)CC[C@]5(C)C4CC[C@]3(C)C1C2C. The van der Waals surface area contributed by atoms with Crippen LogP contribution < -0.4 is 0 Å². The van der Waals surface area contributed by atoms with Crippen molar-refractivity contribution in [3.05, 3.63) is 11.6 Å². The first kappa shape index (κ1) is 29.1. The van der Waals surface area contributed by atoms with Crippen LogP contribution in [0.5, 0.6) is 0 Å². The molecule has 1 spiro atoms. The Balaban J connectivity index is 1.05. The minimum Gasteiger partial charge on any atom is -0.394 e. The highest BCUT2D eigenvalue weighted by Crippen LogP contribution is 2.70. The van der Waals surface area contributed by atoms with Gasteiger partial charge < -0.3 is 39.4 Å². The van der Waals surface area contributed by atoms with Gasteiger partial charge >= 0.3 is 0 Å². The number of rotatable bonds is 3. The summed E-state index contributed by atoms with van der Waals surface area (Å²) in [7, 11) is 0. The quantitative estimate of drug-likeness (QED) is 0.377. The monoisotopic (exact) mass is 576 g/mol. The third-order valence-electron chi connectivity index (χ3n) is 13.5.